The highest BCUT2D eigenvalue weighted by atomic mass is 15.1. The van der Waals surface area contributed by atoms with E-state index >= 15 is 0 Å². The number of rotatable bonds is 6. The average Bonchev–Trinajstić information content (AvgIpc) is 2.46. The molecule has 1 saturated heterocycles. The molecule has 0 bridgehead atoms. The molecule has 1 aromatic rings. The van der Waals surface area contributed by atoms with E-state index in [0.29, 0.717) is 6.04 Å². The van der Waals surface area contributed by atoms with Gasteiger partial charge in [0, 0.05) is 18.8 Å². The molecule has 3 nitrogen and oxygen atoms in total. The van der Waals surface area contributed by atoms with Crippen molar-refractivity contribution in [2.75, 3.05) is 19.6 Å². The Kier molecular flexibility index (Phi) is 5.80. The van der Waals surface area contributed by atoms with Crippen molar-refractivity contribution < 1.29 is 0 Å². The molecule has 1 aromatic heterocycles. The number of aromatic nitrogens is 1. The Morgan fingerprint density at radius 1 is 1.37 bits per heavy atom. The van der Waals surface area contributed by atoms with Crippen LogP contribution in [0.4, 0.5) is 0 Å². The number of nitrogens with one attached hydrogen (secondary N) is 1. The molecule has 1 aliphatic heterocycles. The first kappa shape index (κ1) is 14.5. The van der Waals surface area contributed by atoms with Gasteiger partial charge in [-0.15, -0.1) is 0 Å². The van der Waals surface area contributed by atoms with Crippen molar-refractivity contribution >= 4 is 0 Å². The number of pyridine rings is 1. The predicted molar refractivity (Wildman–Crippen MR) is 80.0 cm³/mol. The van der Waals surface area contributed by atoms with Crippen LogP contribution in [0.3, 0.4) is 0 Å². The van der Waals surface area contributed by atoms with Gasteiger partial charge in [-0.05, 0) is 63.9 Å². The van der Waals surface area contributed by atoms with Crippen molar-refractivity contribution in [3.63, 3.8) is 0 Å². The summed E-state index contributed by atoms with van der Waals surface area (Å²) in [5, 5.41) is 3.64. The van der Waals surface area contributed by atoms with E-state index in [1.807, 2.05) is 12.3 Å². The maximum atomic E-state index is 4.41. The monoisotopic (exact) mass is 261 g/mol. The number of hydrogen-bond donors (Lipinski definition) is 1. The molecule has 0 saturated carbocycles. The molecule has 106 valence electrons. The fraction of sp³-hybridized carbons (Fsp3) is 0.688. The lowest BCUT2D eigenvalue weighted by Crippen LogP contribution is -2.42. The van der Waals surface area contributed by atoms with E-state index in [4.69, 9.17) is 0 Å². The molecule has 3 heteroatoms. The van der Waals surface area contributed by atoms with Gasteiger partial charge < -0.3 is 5.32 Å². The topological polar surface area (TPSA) is 28.2 Å². The highest BCUT2D eigenvalue weighted by Crippen LogP contribution is 2.21. The Morgan fingerprint density at radius 3 is 2.79 bits per heavy atom. The van der Waals surface area contributed by atoms with Crippen LogP contribution in [0.25, 0.3) is 0 Å². The second kappa shape index (κ2) is 7.61. The summed E-state index contributed by atoms with van der Waals surface area (Å²) in [6, 6.07) is 6.84. The van der Waals surface area contributed by atoms with Crippen LogP contribution < -0.4 is 5.32 Å². The van der Waals surface area contributed by atoms with Crippen LogP contribution in [-0.4, -0.2) is 35.6 Å². The zero-order chi connectivity index (χ0) is 13.5. The van der Waals surface area contributed by atoms with Crippen LogP contribution in [0, 0.1) is 5.92 Å². The van der Waals surface area contributed by atoms with Crippen LogP contribution in [0.15, 0.2) is 24.4 Å². The molecule has 0 radical (unpaired) electrons. The Bertz CT molecular complexity index is 344. The van der Waals surface area contributed by atoms with Crippen LogP contribution in [0.1, 0.15) is 38.8 Å². The second-order valence-electron chi connectivity index (χ2n) is 5.68. The smallest absolute Gasteiger partial charge is 0.0543 e. The Morgan fingerprint density at radius 2 is 2.16 bits per heavy atom. The number of piperidine rings is 1. The average molecular weight is 261 g/mol. The van der Waals surface area contributed by atoms with Crippen molar-refractivity contribution in [1.82, 2.24) is 15.2 Å². The van der Waals surface area contributed by atoms with Crippen molar-refractivity contribution in [2.45, 2.75) is 45.7 Å². The molecule has 2 rings (SSSR count). The molecule has 0 aromatic carbocycles. The van der Waals surface area contributed by atoms with E-state index in [9.17, 15) is 0 Å². The quantitative estimate of drug-likeness (QED) is 0.853. The SMILES string of the molecule is CCCNC(C)C1CCN(Cc2ccccn2)CC1. The van der Waals surface area contributed by atoms with Crippen molar-refractivity contribution in [1.29, 1.82) is 0 Å². The van der Waals surface area contributed by atoms with Crippen LogP contribution >= 0.6 is 0 Å². The molecule has 1 fully saturated rings. The van der Waals surface area contributed by atoms with E-state index in [-0.39, 0.29) is 0 Å². The Hall–Kier alpha value is -0.930. The van der Waals surface area contributed by atoms with Crippen LogP contribution in [0.2, 0.25) is 0 Å². The minimum atomic E-state index is 0.664. The maximum absolute atomic E-state index is 4.41. The lowest BCUT2D eigenvalue weighted by atomic mass is 9.90. The van der Waals surface area contributed by atoms with Gasteiger partial charge in [0.1, 0.15) is 0 Å². The zero-order valence-corrected chi connectivity index (χ0v) is 12.3. The molecule has 1 unspecified atom stereocenters. The van der Waals surface area contributed by atoms with E-state index in [1.54, 1.807) is 0 Å². The van der Waals surface area contributed by atoms with Gasteiger partial charge in [0.2, 0.25) is 0 Å². The van der Waals surface area contributed by atoms with E-state index < -0.39 is 0 Å². The highest BCUT2D eigenvalue weighted by molar-refractivity contribution is 5.03. The third-order valence-corrected chi connectivity index (χ3v) is 4.17. The minimum Gasteiger partial charge on any atom is -0.314 e. The molecule has 1 atom stereocenters. The van der Waals surface area contributed by atoms with Crippen molar-refractivity contribution in [3.05, 3.63) is 30.1 Å². The molecule has 0 aliphatic carbocycles. The summed E-state index contributed by atoms with van der Waals surface area (Å²) in [6.45, 7) is 9.14. The van der Waals surface area contributed by atoms with E-state index in [2.05, 4.69) is 41.2 Å². The van der Waals surface area contributed by atoms with Crippen LogP contribution in [-0.2, 0) is 6.54 Å². The van der Waals surface area contributed by atoms with Gasteiger partial charge in [-0.1, -0.05) is 13.0 Å². The van der Waals surface area contributed by atoms with Crippen molar-refractivity contribution in [3.8, 4) is 0 Å². The summed E-state index contributed by atoms with van der Waals surface area (Å²) in [6.07, 6.45) is 5.73. The van der Waals surface area contributed by atoms with Gasteiger partial charge in [-0.3, -0.25) is 9.88 Å². The largest absolute Gasteiger partial charge is 0.314 e. The molecule has 19 heavy (non-hydrogen) atoms. The molecular weight excluding hydrogens is 234 g/mol. The highest BCUT2D eigenvalue weighted by Gasteiger charge is 2.23. The molecule has 2 heterocycles. The summed E-state index contributed by atoms with van der Waals surface area (Å²) < 4.78 is 0. The predicted octanol–water partition coefficient (Wildman–Crippen LogP) is 2.68. The maximum Gasteiger partial charge on any atom is 0.0543 e. The summed E-state index contributed by atoms with van der Waals surface area (Å²) in [7, 11) is 0. The van der Waals surface area contributed by atoms with Gasteiger partial charge in [0.15, 0.2) is 0 Å². The standard InChI is InChI=1S/C16H27N3/c1-3-9-17-14(2)15-7-11-19(12-8-15)13-16-6-4-5-10-18-16/h4-6,10,14-15,17H,3,7-9,11-13H2,1-2H3. The first-order valence-corrected chi connectivity index (χ1v) is 7.65. The fourth-order valence-electron chi connectivity index (χ4n) is 2.87. The molecule has 0 spiro atoms. The summed E-state index contributed by atoms with van der Waals surface area (Å²) in [4.78, 5) is 6.95. The zero-order valence-electron chi connectivity index (χ0n) is 12.3. The minimum absolute atomic E-state index is 0.664. The van der Waals surface area contributed by atoms with Crippen LogP contribution in [0.5, 0.6) is 0 Å². The third-order valence-electron chi connectivity index (χ3n) is 4.17. The lowest BCUT2D eigenvalue weighted by molar-refractivity contribution is 0.155. The molecule has 1 aliphatic rings. The first-order chi connectivity index (χ1) is 9.29. The summed E-state index contributed by atoms with van der Waals surface area (Å²) in [5.74, 6) is 0.839. The lowest BCUT2D eigenvalue weighted by Gasteiger charge is -2.35. The molecule has 1 N–H and O–H groups in total. The third kappa shape index (κ3) is 4.59. The number of likely N-dealkylation sites (tertiary alicyclic amines) is 1. The van der Waals surface area contributed by atoms with Crippen molar-refractivity contribution in [2.24, 2.45) is 5.92 Å². The number of hydrogen-bond acceptors (Lipinski definition) is 3. The molecule has 0 amide bonds. The van der Waals surface area contributed by atoms with Gasteiger partial charge in [0.25, 0.3) is 0 Å². The normalized spacial score (nSPS) is 19.5. The summed E-state index contributed by atoms with van der Waals surface area (Å²) >= 11 is 0. The fourth-order valence-corrected chi connectivity index (χ4v) is 2.87. The van der Waals surface area contributed by atoms with E-state index in [0.717, 1.165) is 19.0 Å². The first-order valence-electron chi connectivity index (χ1n) is 7.65. The second-order valence-corrected chi connectivity index (χ2v) is 5.68. The Labute approximate surface area is 117 Å². The van der Waals surface area contributed by atoms with Gasteiger partial charge in [0.05, 0.1) is 5.69 Å². The van der Waals surface area contributed by atoms with Gasteiger partial charge in [-0.2, -0.15) is 0 Å². The van der Waals surface area contributed by atoms with E-state index in [1.165, 1.54) is 38.0 Å². The summed E-state index contributed by atoms with van der Waals surface area (Å²) in [5.41, 5.74) is 1.19. The van der Waals surface area contributed by atoms with Gasteiger partial charge >= 0.3 is 0 Å². The Balaban J connectivity index is 1.73. The number of nitrogens with zero attached hydrogens (tertiary/aromatic N) is 2. The van der Waals surface area contributed by atoms with Gasteiger partial charge in [-0.25, -0.2) is 0 Å². The molecular formula is C16H27N3.